The number of Topliss-reactive ketones (excluding diaryl/α,β-unsaturated/α-hetero) is 1. The number of halogens is 3. The lowest BCUT2D eigenvalue weighted by Crippen LogP contribution is -2.51. The monoisotopic (exact) mass is 821 g/mol. The molecule has 0 aromatic heterocycles. The highest BCUT2D eigenvalue weighted by atomic mass is 127. The molecule has 0 spiro atoms. The lowest BCUT2D eigenvalue weighted by Gasteiger charge is -2.28. The summed E-state index contributed by atoms with van der Waals surface area (Å²) in [5.74, 6) is -1.84. The van der Waals surface area contributed by atoms with E-state index in [9.17, 15) is 34.8 Å². The summed E-state index contributed by atoms with van der Waals surface area (Å²) in [6.45, 7) is -1.46. The predicted molar refractivity (Wildman–Crippen MR) is 145 cm³/mol. The molecule has 0 aliphatic rings. The third-order valence-electron chi connectivity index (χ3n) is 4.40. The Hall–Kier alpha value is -0.260. The number of rotatable bonds is 13. The van der Waals surface area contributed by atoms with Crippen LogP contribution in [0, 0.1) is 10.7 Å². The van der Waals surface area contributed by atoms with Crippen LogP contribution in [0.1, 0.15) is 38.0 Å². The molecule has 0 saturated carbocycles. The fourth-order valence-electron chi connectivity index (χ4n) is 2.63. The van der Waals surface area contributed by atoms with Crippen molar-refractivity contribution in [3.8, 4) is 0 Å². The third-order valence-corrected chi connectivity index (χ3v) is 7.63. The molecular formula is C19H26I3N3O9. The Bertz CT molecular complexity index is 904. The van der Waals surface area contributed by atoms with E-state index in [1.807, 2.05) is 45.2 Å². The molecule has 1 rings (SSSR count). The van der Waals surface area contributed by atoms with Crippen LogP contribution >= 0.6 is 67.8 Å². The molecule has 0 heterocycles. The van der Waals surface area contributed by atoms with Gasteiger partial charge in [-0.1, -0.05) is 0 Å². The van der Waals surface area contributed by atoms with E-state index in [4.69, 9.17) is 10.2 Å². The summed E-state index contributed by atoms with van der Waals surface area (Å²) >= 11 is 5.42. The van der Waals surface area contributed by atoms with Gasteiger partial charge in [0.05, 0.1) is 55.8 Å². The van der Waals surface area contributed by atoms with Gasteiger partial charge in [0.1, 0.15) is 0 Å². The number of ketones is 1. The second kappa shape index (κ2) is 15.1. The number of carbonyl (C=O) groups excluding carboxylic acids is 3. The zero-order chi connectivity index (χ0) is 26.2. The summed E-state index contributed by atoms with van der Waals surface area (Å²) in [6.07, 6.45) is -3.76. The Morgan fingerprint density at radius 2 is 1.26 bits per heavy atom. The second-order valence-electron chi connectivity index (χ2n) is 7.12. The minimum absolute atomic E-state index is 0.0124. The minimum atomic E-state index is -1.34. The summed E-state index contributed by atoms with van der Waals surface area (Å²) in [4.78, 5) is 38.8. The van der Waals surface area contributed by atoms with E-state index in [1.54, 1.807) is 22.6 Å². The molecule has 15 heteroatoms. The molecule has 12 nitrogen and oxygen atoms in total. The van der Waals surface area contributed by atoms with Gasteiger partial charge >= 0.3 is 0 Å². The first-order valence-electron chi connectivity index (χ1n) is 9.82. The van der Waals surface area contributed by atoms with Crippen molar-refractivity contribution in [3.05, 3.63) is 27.4 Å². The van der Waals surface area contributed by atoms with Gasteiger partial charge in [0.15, 0.2) is 5.78 Å². The van der Waals surface area contributed by atoms with Gasteiger partial charge in [0.2, 0.25) is 0 Å². The summed E-state index contributed by atoms with van der Waals surface area (Å²) in [5.41, 5.74) is 2.70. The fraction of sp³-hybridized carbons (Fsp3) is 0.526. The normalized spacial score (nSPS) is 13.8. The molecule has 0 radical (unpaired) electrons. The largest absolute Gasteiger partial charge is 0.394 e. The van der Waals surface area contributed by atoms with E-state index < -0.39 is 62.3 Å². The SMILES string of the molecule is CC(=O)c1c(I)c(C(=O)NCC(O)CO)c(I)c(C(=O)N(CC(O)CO)NCC(O)CO)c1I. The van der Waals surface area contributed by atoms with Crippen molar-refractivity contribution in [1.82, 2.24) is 15.8 Å². The second-order valence-corrected chi connectivity index (χ2v) is 10.4. The van der Waals surface area contributed by atoms with Crippen LogP contribution in [0.4, 0.5) is 0 Å². The zero-order valence-electron chi connectivity index (χ0n) is 18.0. The van der Waals surface area contributed by atoms with Crippen LogP contribution in [-0.2, 0) is 0 Å². The first-order chi connectivity index (χ1) is 15.9. The fourth-order valence-corrected chi connectivity index (χ4v) is 7.50. The number of hydrogen-bond acceptors (Lipinski definition) is 10. The lowest BCUT2D eigenvalue weighted by molar-refractivity contribution is 0.0210. The van der Waals surface area contributed by atoms with Gasteiger partial charge in [-0.25, -0.2) is 5.43 Å². The maximum Gasteiger partial charge on any atom is 0.270 e. The summed E-state index contributed by atoms with van der Waals surface area (Å²) in [6, 6.07) is 0. The van der Waals surface area contributed by atoms with Crippen LogP contribution in [0.25, 0.3) is 0 Å². The topological polar surface area (TPSA) is 200 Å². The van der Waals surface area contributed by atoms with Gasteiger partial charge in [-0.15, -0.1) is 0 Å². The predicted octanol–water partition coefficient (Wildman–Crippen LogP) is -1.56. The molecule has 8 N–H and O–H groups in total. The first kappa shape index (κ1) is 31.8. The maximum atomic E-state index is 13.5. The van der Waals surface area contributed by atoms with E-state index in [2.05, 4.69) is 10.7 Å². The molecule has 0 saturated heterocycles. The van der Waals surface area contributed by atoms with Gasteiger partial charge < -0.3 is 36.0 Å². The van der Waals surface area contributed by atoms with Gasteiger partial charge in [-0.3, -0.25) is 19.4 Å². The minimum Gasteiger partial charge on any atom is -0.394 e. The molecule has 0 bridgehead atoms. The zero-order valence-corrected chi connectivity index (χ0v) is 24.4. The Morgan fingerprint density at radius 1 is 0.794 bits per heavy atom. The first-order valence-corrected chi connectivity index (χ1v) is 13.1. The van der Waals surface area contributed by atoms with E-state index in [0.29, 0.717) is 0 Å². The van der Waals surface area contributed by atoms with E-state index in [1.165, 1.54) is 6.92 Å². The van der Waals surface area contributed by atoms with Crippen molar-refractivity contribution in [2.75, 3.05) is 39.5 Å². The smallest absolute Gasteiger partial charge is 0.270 e. The molecule has 2 amide bonds. The van der Waals surface area contributed by atoms with Crippen molar-refractivity contribution in [1.29, 1.82) is 0 Å². The van der Waals surface area contributed by atoms with Crippen molar-refractivity contribution in [2.24, 2.45) is 0 Å². The number of nitrogens with one attached hydrogen (secondary N) is 2. The van der Waals surface area contributed by atoms with E-state index in [0.717, 1.165) is 5.01 Å². The van der Waals surface area contributed by atoms with Crippen LogP contribution < -0.4 is 10.7 Å². The van der Waals surface area contributed by atoms with Gasteiger partial charge in [0, 0.05) is 29.4 Å². The number of carbonyl (C=O) groups is 3. The van der Waals surface area contributed by atoms with Crippen LogP contribution in [0.3, 0.4) is 0 Å². The third kappa shape index (κ3) is 8.40. The molecule has 0 aliphatic carbocycles. The van der Waals surface area contributed by atoms with Gasteiger partial charge in [0.25, 0.3) is 11.8 Å². The average Bonchev–Trinajstić information content (AvgIpc) is 2.78. The van der Waals surface area contributed by atoms with Crippen LogP contribution in [-0.4, -0.2) is 111 Å². The number of amides is 2. The molecule has 1 aromatic rings. The van der Waals surface area contributed by atoms with Gasteiger partial charge in [-0.05, 0) is 74.7 Å². The van der Waals surface area contributed by atoms with Gasteiger partial charge in [-0.2, -0.15) is 0 Å². The average molecular weight is 821 g/mol. The number of aliphatic hydroxyl groups is 6. The standard InChI is InChI=1S/C19H26I3N3O9/c1-8(29)12-15(20)13(18(33)23-2-9(30)5-26)17(22)14(16(12)21)19(34)25(4-11(32)7-28)24-3-10(31)6-27/h9-11,24,26-28,30-32H,2-7H2,1H3,(H,23,33). The summed E-state index contributed by atoms with van der Waals surface area (Å²) < 4.78 is 0.728. The highest BCUT2D eigenvalue weighted by Crippen LogP contribution is 2.33. The molecular weight excluding hydrogens is 795 g/mol. The summed E-state index contributed by atoms with van der Waals surface area (Å²) in [5, 5.41) is 59.7. The van der Waals surface area contributed by atoms with Crippen LogP contribution in [0.2, 0.25) is 0 Å². The Labute approximate surface area is 236 Å². The molecule has 1 aromatic carbocycles. The highest BCUT2D eigenvalue weighted by Gasteiger charge is 2.32. The number of benzene rings is 1. The molecule has 3 atom stereocenters. The molecule has 0 fully saturated rings. The van der Waals surface area contributed by atoms with Crippen molar-refractivity contribution >= 4 is 85.4 Å². The van der Waals surface area contributed by atoms with E-state index >= 15 is 0 Å². The number of hydrazine groups is 1. The number of nitrogens with zero attached hydrogens (tertiary/aromatic N) is 1. The number of aliphatic hydroxyl groups excluding tert-OH is 6. The Kier molecular flexibility index (Phi) is 14.1. The van der Waals surface area contributed by atoms with Crippen molar-refractivity contribution in [3.63, 3.8) is 0 Å². The maximum absolute atomic E-state index is 13.5. The Balaban J connectivity index is 3.61. The number of hydrogen-bond donors (Lipinski definition) is 8. The molecule has 192 valence electrons. The molecule has 0 aliphatic heterocycles. The quantitative estimate of drug-likeness (QED) is 0.0655. The van der Waals surface area contributed by atoms with Crippen molar-refractivity contribution in [2.45, 2.75) is 25.2 Å². The summed E-state index contributed by atoms with van der Waals surface area (Å²) in [7, 11) is 0. The lowest BCUT2D eigenvalue weighted by atomic mass is 10.0. The highest BCUT2D eigenvalue weighted by molar-refractivity contribution is 14.1. The van der Waals surface area contributed by atoms with Crippen LogP contribution in [0.5, 0.6) is 0 Å². The molecule has 3 unspecified atom stereocenters. The van der Waals surface area contributed by atoms with E-state index in [-0.39, 0.29) is 40.5 Å². The Morgan fingerprint density at radius 3 is 1.76 bits per heavy atom. The van der Waals surface area contributed by atoms with Crippen molar-refractivity contribution < 1.29 is 45.0 Å². The molecule has 34 heavy (non-hydrogen) atoms. The van der Waals surface area contributed by atoms with Crippen LogP contribution in [0.15, 0.2) is 0 Å².